The van der Waals surface area contributed by atoms with Crippen LogP contribution in [0.4, 0.5) is 20.3 Å². The topological polar surface area (TPSA) is 119 Å². The molecular formula is C30H30F2N6O2. The van der Waals surface area contributed by atoms with Gasteiger partial charge in [-0.3, -0.25) is 4.79 Å². The first kappa shape index (κ1) is 27.2. The summed E-state index contributed by atoms with van der Waals surface area (Å²) in [6, 6.07) is 9.62. The van der Waals surface area contributed by atoms with Crippen LogP contribution in [0.5, 0.6) is 0 Å². The summed E-state index contributed by atoms with van der Waals surface area (Å²) in [5.41, 5.74) is 9.62. The summed E-state index contributed by atoms with van der Waals surface area (Å²) in [4.78, 5) is 21.4. The van der Waals surface area contributed by atoms with Gasteiger partial charge in [-0.1, -0.05) is 18.1 Å². The molecule has 1 saturated carbocycles. The highest BCUT2D eigenvalue weighted by atomic mass is 19.3. The Morgan fingerprint density at radius 1 is 1.07 bits per heavy atom. The zero-order chi connectivity index (χ0) is 28.6. The van der Waals surface area contributed by atoms with Gasteiger partial charge < -0.3 is 16.2 Å². The maximum absolute atomic E-state index is 14.0. The van der Waals surface area contributed by atoms with Crippen LogP contribution in [0.2, 0.25) is 0 Å². The number of halogens is 2. The average Bonchev–Trinajstić information content (AvgIpc) is 3.29. The Hall–Kier alpha value is -4.36. The number of nitrogen functional groups attached to an aromatic ring is 1. The van der Waals surface area contributed by atoms with Gasteiger partial charge >= 0.3 is 0 Å². The monoisotopic (exact) mass is 544 g/mol. The van der Waals surface area contributed by atoms with E-state index >= 15 is 0 Å². The molecule has 2 aromatic carbocycles. The molecule has 8 nitrogen and oxygen atoms in total. The van der Waals surface area contributed by atoms with Gasteiger partial charge in [0.2, 0.25) is 0 Å². The predicted molar refractivity (Wildman–Crippen MR) is 149 cm³/mol. The summed E-state index contributed by atoms with van der Waals surface area (Å²) in [6.45, 7) is 4.30. The van der Waals surface area contributed by atoms with E-state index in [1.165, 1.54) is 24.5 Å². The summed E-state index contributed by atoms with van der Waals surface area (Å²) in [6.07, 6.45) is 4.03. The number of carbonyl (C=O) groups is 1. The van der Waals surface area contributed by atoms with Crippen LogP contribution in [0.15, 0.2) is 42.7 Å². The van der Waals surface area contributed by atoms with Crippen molar-refractivity contribution in [3.63, 3.8) is 0 Å². The number of fused-ring (bicyclic) bond motifs is 1. The zero-order valence-corrected chi connectivity index (χ0v) is 22.5. The smallest absolute Gasteiger partial charge is 0.270 e. The fraction of sp³-hybridized carbons (Fsp3) is 0.333. The van der Waals surface area contributed by atoms with E-state index in [1.807, 2.05) is 17.7 Å². The Morgan fingerprint density at radius 3 is 2.52 bits per heavy atom. The second-order valence-corrected chi connectivity index (χ2v) is 10.4. The predicted octanol–water partition coefficient (Wildman–Crippen LogP) is 5.27. The number of nitrogens with zero attached hydrogens (tertiary/aromatic N) is 4. The number of alkyl halides is 2. The molecule has 0 bridgehead atoms. The molecule has 5 rings (SSSR count). The third-order valence-corrected chi connectivity index (χ3v) is 7.31. The first-order valence-electron chi connectivity index (χ1n) is 13.1. The SMILES string of the molecule is Cc1ccc(NC(=O)c2ccc(C)c(C(C)(F)F)c2)cc1C#Cc1nn(C2CCC(O)CC2)c2ncnc(N)c12. The molecule has 206 valence electrons. The van der Waals surface area contributed by atoms with Gasteiger partial charge in [0.05, 0.1) is 17.5 Å². The highest BCUT2D eigenvalue weighted by molar-refractivity contribution is 6.04. The lowest BCUT2D eigenvalue weighted by Crippen LogP contribution is -2.22. The average molecular weight is 545 g/mol. The molecule has 0 unspecified atom stereocenters. The lowest BCUT2D eigenvalue weighted by molar-refractivity contribution is 0.0168. The van der Waals surface area contributed by atoms with Crippen molar-refractivity contribution < 1.29 is 18.7 Å². The number of anilines is 2. The van der Waals surface area contributed by atoms with E-state index in [9.17, 15) is 18.7 Å². The molecule has 1 amide bonds. The van der Waals surface area contributed by atoms with Crippen molar-refractivity contribution in [3.8, 4) is 11.8 Å². The largest absolute Gasteiger partial charge is 0.393 e. The van der Waals surface area contributed by atoms with Gasteiger partial charge in [0, 0.05) is 29.3 Å². The van der Waals surface area contributed by atoms with Crippen LogP contribution in [0.3, 0.4) is 0 Å². The van der Waals surface area contributed by atoms with Crippen molar-refractivity contribution in [2.75, 3.05) is 11.1 Å². The Labute approximate surface area is 230 Å². The van der Waals surface area contributed by atoms with Gasteiger partial charge in [0.15, 0.2) is 5.65 Å². The van der Waals surface area contributed by atoms with Crippen molar-refractivity contribution >= 4 is 28.4 Å². The number of aryl methyl sites for hydroxylation is 2. The molecule has 4 aromatic rings. The molecule has 0 spiro atoms. The minimum atomic E-state index is -3.06. The number of hydrogen-bond donors (Lipinski definition) is 3. The summed E-state index contributed by atoms with van der Waals surface area (Å²) in [5.74, 6) is 2.97. The van der Waals surface area contributed by atoms with Crippen LogP contribution < -0.4 is 11.1 Å². The van der Waals surface area contributed by atoms with Crippen LogP contribution in [0.25, 0.3) is 11.0 Å². The lowest BCUT2D eigenvalue weighted by Gasteiger charge is -2.25. The number of benzene rings is 2. The van der Waals surface area contributed by atoms with Crippen molar-refractivity contribution in [1.82, 2.24) is 19.7 Å². The first-order chi connectivity index (χ1) is 19.0. The normalized spacial score (nSPS) is 17.4. The van der Waals surface area contributed by atoms with Crippen LogP contribution >= 0.6 is 0 Å². The molecule has 1 aliphatic rings. The van der Waals surface area contributed by atoms with E-state index in [-0.39, 0.29) is 29.1 Å². The molecule has 0 radical (unpaired) electrons. The van der Waals surface area contributed by atoms with Crippen LogP contribution in [-0.2, 0) is 5.92 Å². The Balaban J connectivity index is 1.44. The zero-order valence-electron chi connectivity index (χ0n) is 22.5. The van der Waals surface area contributed by atoms with Crippen LogP contribution in [-0.4, -0.2) is 36.9 Å². The molecule has 1 aliphatic carbocycles. The molecule has 4 N–H and O–H groups in total. The van der Waals surface area contributed by atoms with Crippen molar-refractivity contribution in [3.05, 3.63) is 76.2 Å². The minimum absolute atomic E-state index is 0.0750. The van der Waals surface area contributed by atoms with Crippen molar-refractivity contribution in [2.45, 2.75) is 64.5 Å². The second-order valence-electron chi connectivity index (χ2n) is 10.4. The third kappa shape index (κ3) is 5.51. The molecule has 2 aromatic heterocycles. The fourth-order valence-corrected chi connectivity index (χ4v) is 5.04. The third-order valence-electron chi connectivity index (χ3n) is 7.31. The molecule has 1 fully saturated rings. The summed E-state index contributed by atoms with van der Waals surface area (Å²) < 4.78 is 29.8. The van der Waals surface area contributed by atoms with E-state index in [2.05, 4.69) is 27.1 Å². The number of nitrogens with two attached hydrogens (primary N) is 1. The van der Waals surface area contributed by atoms with Gasteiger partial charge in [0.1, 0.15) is 17.8 Å². The Morgan fingerprint density at radius 2 is 1.80 bits per heavy atom. The Bertz CT molecular complexity index is 1660. The van der Waals surface area contributed by atoms with E-state index in [1.54, 1.807) is 19.1 Å². The van der Waals surface area contributed by atoms with E-state index in [0.29, 0.717) is 46.4 Å². The number of nitrogens with one attached hydrogen (secondary N) is 1. The molecule has 2 heterocycles. The molecule has 0 atom stereocenters. The Kier molecular flexibility index (Phi) is 7.25. The van der Waals surface area contributed by atoms with Gasteiger partial charge in [-0.05, 0) is 80.8 Å². The number of carbonyl (C=O) groups excluding carboxylic acids is 1. The number of aliphatic hydroxyl groups excluding tert-OH is 1. The van der Waals surface area contributed by atoms with E-state index in [0.717, 1.165) is 25.3 Å². The van der Waals surface area contributed by atoms with Crippen molar-refractivity contribution in [2.24, 2.45) is 0 Å². The van der Waals surface area contributed by atoms with Crippen LogP contribution in [0.1, 0.15) is 77.0 Å². The molecule has 10 heteroatoms. The number of hydrogen-bond acceptors (Lipinski definition) is 6. The van der Waals surface area contributed by atoms with E-state index < -0.39 is 11.8 Å². The summed E-state index contributed by atoms with van der Waals surface area (Å²) in [5, 5.41) is 18.0. The van der Waals surface area contributed by atoms with Gasteiger partial charge in [-0.2, -0.15) is 5.10 Å². The number of aliphatic hydroxyl groups is 1. The molecule has 0 saturated heterocycles. The van der Waals surface area contributed by atoms with Crippen LogP contribution in [0, 0.1) is 25.7 Å². The number of rotatable bonds is 4. The quantitative estimate of drug-likeness (QED) is 0.302. The van der Waals surface area contributed by atoms with Gasteiger partial charge in [-0.25, -0.2) is 23.4 Å². The maximum Gasteiger partial charge on any atom is 0.270 e. The first-order valence-corrected chi connectivity index (χ1v) is 13.1. The molecular weight excluding hydrogens is 514 g/mol. The number of amides is 1. The second kappa shape index (κ2) is 10.7. The summed E-state index contributed by atoms with van der Waals surface area (Å²) in [7, 11) is 0. The lowest BCUT2D eigenvalue weighted by atomic mass is 9.93. The highest BCUT2D eigenvalue weighted by Crippen LogP contribution is 2.33. The van der Waals surface area contributed by atoms with E-state index in [4.69, 9.17) is 10.8 Å². The maximum atomic E-state index is 14.0. The molecule has 40 heavy (non-hydrogen) atoms. The highest BCUT2D eigenvalue weighted by Gasteiger charge is 2.28. The standard InChI is InChI=1S/C30H30F2N6O2/c1-17-5-8-21(36-29(40)20-6-4-18(2)24(15-20)30(3,31)32)14-19(17)7-13-25-26-27(33)34-16-35-28(26)38(37-25)22-9-11-23(39)12-10-22/h4-6,8,14-16,22-23,39H,9-12H2,1-3H3,(H,36,40)(H2,33,34,35). The number of aromatic nitrogens is 4. The minimum Gasteiger partial charge on any atom is -0.393 e. The summed E-state index contributed by atoms with van der Waals surface area (Å²) >= 11 is 0. The fourth-order valence-electron chi connectivity index (χ4n) is 5.04. The van der Waals surface area contributed by atoms with Gasteiger partial charge in [0.25, 0.3) is 11.8 Å². The van der Waals surface area contributed by atoms with Gasteiger partial charge in [-0.15, -0.1) is 0 Å². The molecule has 0 aliphatic heterocycles. The van der Waals surface area contributed by atoms with Crippen molar-refractivity contribution in [1.29, 1.82) is 0 Å².